The molecule has 0 atom stereocenters. The Hall–Kier alpha value is -3.58. The summed E-state index contributed by atoms with van der Waals surface area (Å²) < 4.78 is 7.53. The zero-order valence-electron chi connectivity index (χ0n) is 19.8. The Morgan fingerprint density at radius 1 is 1.00 bits per heavy atom. The average molecular weight is 476 g/mol. The van der Waals surface area contributed by atoms with E-state index in [9.17, 15) is 4.79 Å². The number of hydrogen-bond donors (Lipinski definition) is 0. The lowest BCUT2D eigenvalue weighted by molar-refractivity contribution is 0.298. The van der Waals surface area contributed by atoms with Gasteiger partial charge in [0.25, 0.3) is 5.56 Å². The molecular formula is C26H26ClN5O2. The predicted octanol–water partition coefficient (Wildman–Crippen LogP) is 5.37. The highest BCUT2D eigenvalue weighted by Crippen LogP contribution is 2.30. The van der Waals surface area contributed by atoms with Crippen molar-refractivity contribution in [2.45, 2.75) is 47.1 Å². The molecule has 174 valence electrons. The maximum absolute atomic E-state index is 13.3. The lowest BCUT2D eigenvalue weighted by Gasteiger charge is -2.18. The van der Waals surface area contributed by atoms with Crippen molar-refractivity contribution in [1.82, 2.24) is 24.5 Å². The molecule has 0 bridgehead atoms. The number of hydrogen-bond acceptors (Lipinski definition) is 6. The van der Waals surface area contributed by atoms with Crippen molar-refractivity contribution >= 4 is 11.6 Å². The molecule has 4 heterocycles. The summed E-state index contributed by atoms with van der Waals surface area (Å²) in [6.07, 6.45) is 3.38. The topological polar surface area (TPSA) is 82.8 Å². The van der Waals surface area contributed by atoms with Crippen molar-refractivity contribution in [2.24, 2.45) is 0 Å². The summed E-state index contributed by atoms with van der Waals surface area (Å²) in [5, 5.41) is 0.0262. The van der Waals surface area contributed by atoms with Gasteiger partial charge in [0.1, 0.15) is 23.2 Å². The molecule has 0 aliphatic carbocycles. The molecule has 0 aliphatic heterocycles. The molecule has 0 aliphatic rings. The van der Waals surface area contributed by atoms with Crippen molar-refractivity contribution in [3.05, 3.63) is 92.6 Å². The Balaban J connectivity index is 1.73. The number of ether oxygens (including phenoxy) is 1. The Kier molecular flexibility index (Phi) is 6.75. The average Bonchev–Trinajstić information content (AvgIpc) is 2.83. The molecule has 0 radical (unpaired) electrons. The van der Waals surface area contributed by atoms with Crippen molar-refractivity contribution < 1.29 is 4.74 Å². The van der Waals surface area contributed by atoms with Gasteiger partial charge in [-0.15, -0.1) is 0 Å². The second-order valence-electron chi connectivity index (χ2n) is 8.41. The van der Waals surface area contributed by atoms with Crippen LogP contribution >= 0.6 is 11.6 Å². The molecule has 4 rings (SSSR count). The Bertz CT molecular complexity index is 1410. The Labute approximate surface area is 203 Å². The fourth-order valence-corrected chi connectivity index (χ4v) is 3.93. The van der Waals surface area contributed by atoms with E-state index in [1.165, 1.54) is 0 Å². The molecule has 34 heavy (non-hydrogen) atoms. The van der Waals surface area contributed by atoms with Crippen molar-refractivity contribution in [1.29, 1.82) is 0 Å². The van der Waals surface area contributed by atoms with Gasteiger partial charge < -0.3 is 4.74 Å². The van der Waals surface area contributed by atoms with Gasteiger partial charge in [-0.3, -0.25) is 19.3 Å². The van der Waals surface area contributed by atoms with E-state index in [0.29, 0.717) is 22.8 Å². The van der Waals surface area contributed by atoms with Crippen LogP contribution in [0.4, 0.5) is 0 Å². The number of pyridine rings is 3. The SMILES string of the molecule is Cc1cccc(COc2c(C)c(C)n(-c3ccnc(-c4ccnc(C(C)C)n4)c3)c(=O)c2Cl)n1. The third-order valence-corrected chi connectivity index (χ3v) is 5.91. The molecule has 4 aromatic heterocycles. The highest BCUT2D eigenvalue weighted by atomic mass is 35.5. The Morgan fingerprint density at radius 2 is 1.76 bits per heavy atom. The van der Waals surface area contributed by atoms with Crippen molar-refractivity contribution in [2.75, 3.05) is 0 Å². The van der Waals surface area contributed by atoms with Gasteiger partial charge in [-0.2, -0.15) is 0 Å². The fraction of sp³-hybridized carbons (Fsp3) is 0.269. The second-order valence-corrected chi connectivity index (χ2v) is 8.79. The number of aromatic nitrogens is 5. The quantitative estimate of drug-likeness (QED) is 0.373. The van der Waals surface area contributed by atoms with Crippen molar-refractivity contribution in [3.8, 4) is 22.8 Å². The van der Waals surface area contributed by atoms with Crippen LogP contribution < -0.4 is 10.3 Å². The maximum atomic E-state index is 13.3. The maximum Gasteiger partial charge on any atom is 0.277 e. The van der Waals surface area contributed by atoms with Crippen LogP contribution in [0.5, 0.6) is 5.75 Å². The zero-order valence-corrected chi connectivity index (χ0v) is 20.6. The Morgan fingerprint density at radius 3 is 2.50 bits per heavy atom. The molecule has 4 aromatic rings. The van der Waals surface area contributed by atoms with Crippen LogP contribution in [0.25, 0.3) is 17.1 Å². The first kappa shape index (κ1) is 23.6. The van der Waals surface area contributed by atoms with Gasteiger partial charge in [0.2, 0.25) is 0 Å². The van der Waals surface area contributed by atoms with E-state index in [4.69, 9.17) is 16.3 Å². The van der Waals surface area contributed by atoms with Gasteiger partial charge in [-0.05, 0) is 51.1 Å². The van der Waals surface area contributed by atoms with Crippen LogP contribution in [0.15, 0.2) is 53.6 Å². The largest absolute Gasteiger partial charge is 0.485 e. The third-order valence-electron chi connectivity index (χ3n) is 5.57. The highest BCUT2D eigenvalue weighted by molar-refractivity contribution is 6.32. The minimum Gasteiger partial charge on any atom is -0.485 e. The van der Waals surface area contributed by atoms with E-state index in [2.05, 4.69) is 19.9 Å². The summed E-state index contributed by atoms with van der Waals surface area (Å²) >= 11 is 6.52. The molecule has 0 saturated heterocycles. The van der Waals surface area contributed by atoms with E-state index < -0.39 is 0 Å². The molecule has 8 heteroatoms. The van der Waals surface area contributed by atoms with E-state index in [-0.39, 0.29) is 23.1 Å². The molecule has 0 unspecified atom stereocenters. The van der Waals surface area contributed by atoms with Crippen LogP contribution in [0.2, 0.25) is 5.02 Å². The number of nitrogens with zero attached hydrogens (tertiary/aromatic N) is 5. The van der Waals surface area contributed by atoms with Crippen LogP contribution in [0.1, 0.15) is 48.2 Å². The lowest BCUT2D eigenvalue weighted by atomic mass is 10.1. The van der Waals surface area contributed by atoms with E-state index in [0.717, 1.165) is 28.5 Å². The minimum atomic E-state index is -0.361. The number of rotatable bonds is 6. The normalized spacial score (nSPS) is 11.1. The van der Waals surface area contributed by atoms with E-state index >= 15 is 0 Å². The molecule has 7 nitrogen and oxygen atoms in total. The van der Waals surface area contributed by atoms with Gasteiger partial charge in [0, 0.05) is 35.3 Å². The lowest BCUT2D eigenvalue weighted by Crippen LogP contribution is -2.23. The summed E-state index contributed by atoms with van der Waals surface area (Å²) in [4.78, 5) is 31.1. The van der Waals surface area contributed by atoms with Crippen LogP contribution in [0.3, 0.4) is 0 Å². The number of halogens is 1. The summed E-state index contributed by atoms with van der Waals surface area (Å²) in [6.45, 7) is 9.96. The first-order valence-electron chi connectivity index (χ1n) is 11.0. The predicted molar refractivity (Wildman–Crippen MR) is 133 cm³/mol. The summed E-state index contributed by atoms with van der Waals surface area (Å²) in [7, 11) is 0. The van der Waals surface area contributed by atoms with Crippen molar-refractivity contribution in [3.63, 3.8) is 0 Å². The molecule has 0 N–H and O–H groups in total. The van der Waals surface area contributed by atoms with Gasteiger partial charge in [-0.25, -0.2) is 9.97 Å². The summed E-state index contributed by atoms with van der Waals surface area (Å²) in [5.41, 5.74) is 4.79. The fourth-order valence-electron chi connectivity index (χ4n) is 3.65. The van der Waals surface area contributed by atoms with Crippen LogP contribution in [-0.2, 0) is 6.61 Å². The van der Waals surface area contributed by atoms with Gasteiger partial charge in [0.05, 0.1) is 22.8 Å². The first-order chi connectivity index (χ1) is 16.3. The molecule has 0 fully saturated rings. The molecule has 0 amide bonds. The standard InChI is InChI=1S/C26H26ClN5O2/c1-15(2)25-29-12-10-21(31-25)22-13-20(9-11-28-22)32-18(5)17(4)24(23(27)26(32)33)34-14-19-8-6-7-16(3)30-19/h6-13,15H,14H2,1-5H3. The third kappa shape index (κ3) is 4.70. The molecular weight excluding hydrogens is 450 g/mol. The van der Waals surface area contributed by atoms with Crippen LogP contribution in [-0.4, -0.2) is 24.5 Å². The van der Waals surface area contributed by atoms with Gasteiger partial charge in [-0.1, -0.05) is 31.5 Å². The van der Waals surface area contributed by atoms with Gasteiger partial charge in [0.15, 0.2) is 0 Å². The summed E-state index contributed by atoms with van der Waals surface area (Å²) in [5.74, 6) is 1.30. The molecule has 0 saturated carbocycles. The van der Waals surface area contributed by atoms with Gasteiger partial charge >= 0.3 is 0 Å². The highest BCUT2D eigenvalue weighted by Gasteiger charge is 2.19. The molecule has 0 aromatic carbocycles. The second kappa shape index (κ2) is 9.73. The first-order valence-corrected chi connectivity index (χ1v) is 11.4. The minimum absolute atomic E-state index is 0.0262. The molecule has 0 spiro atoms. The smallest absolute Gasteiger partial charge is 0.277 e. The zero-order chi connectivity index (χ0) is 24.4. The van der Waals surface area contributed by atoms with Crippen LogP contribution in [0, 0.1) is 20.8 Å². The summed E-state index contributed by atoms with van der Waals surface area (Å²) in [6, 6.07) is 11.1. The van der Waals surface area contributed by atoms with E-state index in [1.807, 2.05) is 65.0 Å². The monoisotopic (exact) mass is 475 g/mol. The van der Waals surface area contributed by atoms with E-state index in [1.54, 1.807) is 23.0 Å². The number of aryl methyl sites for hydroxylation is 1.